The van der Waals surface area contributed by atoms with Gasteiger partial charge in [0, 0.05) is 20.1 Å². The largest absolute Gasteiger partial charge is 0.311 e. The molecule has 18 heavy (non-hydrogen) atoms. The van der Waals surface area contributed by atoms with Gasteiger partial charge in [-0.1, -0.05) is 6.92 Å². The first-order valence-electron chi connectivity index (χ1n) is 6.09. The SMILES string of the molecule is CCc1cc(CNCCCNS(C)(=O)=O)n(C)n1. The molecular formula is C11H22N4O2S. The van der Waals surface area contributed by atoms with Crippen molar-refractivity contribution in [2.75, 3.05) is 19.3 Å². The molecule has 0 aliphatic carbocycles. The van der Waals surface area contributed by atoms with Crippen molar-refractivity contribution in [3.8, 4) is 0 Å². The Bertz CT molecular complexity index is 467. The predicted molar refractivity (Wildman–Crippen MR) is 71.8 cm³/mol. The van der Waals surface area contributed by atoms with E-state index in [1.165, 1.54) is 6.26 Å². The average molecular weight is 274 g/mol. The van der Waals surface area contributed by atoms with Crippen molar-refractivity contribution in [3.63, 3.8) is 0 Å². The lowest BCUT2D eigenvalue weighted by Crippen LogP contribution is -2.26. The summed E-state index contributed by atoms with van der Waals surface area (Å²) in [6.45, 7) is 4.07. The highest BCUT2D eigenvalue weighted by atomic mass is 32.2. The van der Waals surface area contributed by atoms with Crippen LogP contribution in [0.15, 0.2) is 6.07 Å². The fourth-order valence-corrected chi connectivity index (χ4v) is 2.11. The van der Waals surface area contributed by atoms with Crippen LogP contribution in [-0.4, -0.2) is 37.5 Å². The minimum Gasteiger partial charge on any atom is -0.311 e. The average Bonchev–Trinajstić information content (AvgIpc) is 2.63. The van der Waals surface area contributed by atoms with Crippen LogP contribution < -0.4 is 10.0 Å². The first-order chi connectivity index (χ1) is 8.42. The van der Waals surface area contributed by atoms with E-state index in [0.717, 1.165) is 37.3 Å². The zero-order valence-electron chi connectivity index (χ0n) is 11.2. The van der Waals surface area contributed by atoms with Gasteiger partial charge in [0.15, 0.2) is 0 Å². The van der Waals surface area contributed by atoms with Crippen molar-refractivity contribution < 1.29 is 8.42 Å². The summed E-state index contributed by atoms with van der Waals surface area (Å²) in [6, 6.07) is 2.09. The Kier molecular flexibility index (Phi) is 5.77. The third-order valence-corrected chi connectivity index (χ3v) is 3.32. The zero-order chi connectivity index (χ0) is 13.6. The van der Waals surface area contributed by atoms with Crippen LogP contribution in [0.3, 0.4) is 0 Å². The maximum Gasteiger partial charge on any atom is 0.208 e. The number of aryl methyl sites for hydroxylation is 2. The van der Waals surface area contributed by atoms with Gasteiger partial charge >= 0.3 is 0 Å². The summed E-state index contributed by atoms with van der Waals surface area (Å²) >= 11 is 0. The highest BCUT2D eigenvalue weighted by molar-refractivity contribution is 7.88. The van der Waals surface area contributed by atoms with Gasteiger partial charge in [-0.25, -0.2) is 13.1 Å². The highest BCUT2D eigenvalue weighted by Crippen LogP contribution is 2.03. The van der Waals surface area contributed by atoms with E-state index in [4.69, 9.17) is 0 Å². The lowest BCUT2D eigenvalue weighted by Gasteiger charge is -2.05. The van der Waals surface area contributed by atoms with Gasteiger partial charge in [0.25, 0.3) is 0 Å². The van der Waals surface area contributed by atoms with Crippen LogP contribution in [0.2, 0.25) is 0 Å². The molecule has 0 spiro atoms. The molecule has 2 N–H and O–H groups in total. The molecule has 104 valence electrons. The first-order valence-corrected chi connectivity index (χ1v) is 7.98. The molecule has 1 heterocycles. The molecular weight excluding hydrogens is 252 g/mol. The second-order valence-corrected chi connectivity index (χ2v) is 6.13. The Morgan fingerprint density at radius 2 is 2.11 bits per heavy atom. The summed E-state index contributed by atoms with van der Waals surface area (Å²) in [5.41, 5.74) is 2.23. The maximum absolute atomic E-state index is 10.8. The summed E-state index contributed by atoms with van der Waals surface area (Å²) in [5, 5.41) is 7.63. The smallest absolute Gasteiger partial charge is 0.208 e. The summed E-state index contributed by atoms with van der Waals surface area (Å²) in [4.78, 5) is 0. The molecule has 0 fully saturated rings. The van der Waals surface area contributed by atoms with E-state index in [1.54, 1.807) is 0 Å². The first kappa shape index (κ1) is 15.1. The van der Waals surface area contributed by atoms with Gasteiger partial charge in [-0.05, 0) is 25.5 Å². The van der Waals surface area contributed by atoms with Crippen molar-refractivity contribution >= 4 is 10.0 Å². The van der Waals surface area contributed by atoms with Crippen molar-refractivity contribution in [1.29, 1.82) is 0 Å². The number of rotatable bonds is 8. The van der Waals surface area contributed by atoms with Gasteiger partial charge in [-0.3, -0.25) is 4.68 Å². The standard InChI is InChI=1S/C11H22N4O2S/c1-4-10-8-11(15(2)14-10)9-12-6-5-7-13-18(3,16)17/h8,12-13H,4-7,9H2,1-3H3. The summed E-state index contributed by atoms with van der Waals surface area (Å²) in [7, 11) is -1.13. The Balaban J connectivity index is 2.19. The van der Waals surface area contributed by atoms with Crippen molar-refractivity contribution in [3.05, 3.63) is 17.5 Å². The minimum atomic E-state index is -3.06. The topological polar surface area (TPSA) is 76.0 Å². The second kappa shape index (κ2) is 6.86. The molecule has 0 saturated carbocycles. The quantitative estimate of drug-likeness (QED) is 0.655. The van der Waals surface area contributed by atoms with E-state index in [-0.39, 0.29) is 0 Å². The maximum atomic E-state index is 10.8. The molecule has 0 atom stereocenters. The molecule has 0 aliphatic rings. The van der Waals surface area contributed by atoms with Crippen LogP contribution in [0.25, 0.3) is 0 Å². The van der Waals surface area contributed by atoms with Gasteiger partial charge in [0.2, 0.25) is 10.0 Å². The van der Waals surface area contributed by atoms with E-state index >= 15 is 0 Å². The van der Waals surface area contributed by atoms with Crippen LogP contribution in [0.5, 0.6) is 0 Å². The molecule has 0 saturated heterocycles. The van der Waals surface area contributed by atoms with Crippen molar-refractivity contribution in [2.45, 2.75) is 26.3 Å². The van der Waals surface area contributed by atoms with E-state index in [9.17, 15) is 8.42 Å². The predicted octanol–water partition coefficient (Wildman–Crippen LogP) is 0.0114. The summed E-state index contributed by atoms with van der Waals surface area (Å²) in [5.74, 6) is 0. The van der Waals surface area contributed by atoms with Crippen molar-refractivity contribution in [2.24, 2.45) is 7.05 Å². The Labute approximate surface area is 109 Å². The lowest BCUT2D eigenvalue weighted by atomic mass is 10.3. The number of hydrogen-bond acceptors (Lipinski definition) is 4. The van der Waals surface area contributed by atoms with Gasteiger partial charge in [-0.2, -0.15) is 5.10 Å². The Hall–Kier alpha value is -0.920. The molecule has 0 amide bonds. The lowest BCUT2D eigenvalue weighted by molar-refractivity contribution is 0.574. The van der Waals surface area contributed by atoms with E-state index in [1.807, 2.05) is 11.7 Å². The monoisotopic (exact) mass is 274 g/mol. The van der Waals surface area contributed by atoms with Gasteiger partial charge in [-0.15, -0.1) is 0 Å². The molecule has 0 aromatic carbocycles. The minimum absolute atomic E-state index is 0.470. The molecule has 7 heteroatoms. The third-order valence-electron chi connectivity index (χ3n) is 2.59. The van der Waals surface area contributed by atoms with Crippen molar-refractivity contribution in [1.82, 2.24) is 19.8 Å². The van der Waals surface area contributed by atoms with Crippen LogP contribution in [-0.2, 0) is 30.0 Å². The summed E-state index contributed by atoms with van der Waals surface area (Å²) in [6.07, 6.45) is 2.88. The van der Waals surface area contributed by atoms with Gasteiger partial charge in [0.05, 0.1) is 17.6 Å². The van der Waals surface area contributed by atoms with Gasteiger partial charge in [0.1, 0.15) is 0 Å². The molecule has 0 unspecified atom stereocenters. The molecule has 1 aromatic heterocycles. The van der Waals surface area contributed by atoms with Crippen LogP contribution in [0.1, 0.15) is 24.7 Å². The molecule has 0 radical (unpaired) electrons. The van der Waals surface area contributed by atoms with Crippen LogP contribution >= 0.6 is 0 Å². The summed E-state index contributed by atoms with van der Waals surface area (Å²) < 4.78 is 26.0. The molecule has 0 aliphatic heterocycles. The Morgan fingerprint density at radius 1 is 1.39 bits per heavy atom. The fourth-order valence-electron chi connectivity index (χ4n) is 1.60. The highest BCUT2D eigenvalue weighted by Gasteiger charge is 2.03. The van der Waals surface area contributed by atoms with E-state index in [2.05, 4.69) is 28.1 Å². The second-order valence-electron chi connectivity index (χ2n) is 4.30. The molecule has 0 bridgehead atoms. The normalized spacial score (nSPS) is 11.9. The van der Waals surface area contributed by atoms with Gasteiger partial charge < -0.3 is 5.32 Å². The van der Waals surface area contributed by atoms with Crippen LogP contribution in [0.4, 0.5) is 0 Å². The molecule has 1 aromatic rings. The van der Waals surface area contributed by atoms with E-state index in [0.29, 0.717) is 6.54 Å². The number of aromatic nitrogens is 2. The number of nitrogens with zero attached hydrogens (tertiary/aromatic N) is 2. The third kappa shape index (κ3) is 5.61. The number of nitrogens with one attached hydrogen (secondary N) is 2. The number of hydrogen-bond donors (Lipinski definition) is 2. The Morgan fingerprint density at radius 3 is 2.67 bits per heavy atom. The molecule has 1 rings (SSSR count). The zero-order valence-corrected chi connectivity index (χ0v) is 12.0. The number of sulfonamides is 1. The van der Waals surface area contributed by atoms with Crippen LogP contribution in [0, 0.1) is 0 Å². The molecule has 6 nitrogen and oxygen atoms in total. The van der Waals surface area contributed by atoms with E-state index < -0.39 is 10.0 Å². The fraction of sp³-hybridized carbons (Fsp3) is 0.727.